The van der Waals surface area contributed by atoms with Crippen LogP contribution in [0.5, 0.6) is 5.75 Å². The summed E-state index contributed by atoms with van der Waals surface area (Å²) in [5.74, 6) is 0.336. The molecular formula is C21H13Cl2N3O2S. The minimum absolute atomic E-state index is 0.133. The van der Waals surface area contributed by atoms with Crippen LogP contribution in [0.4, 0.5) is 5.69 Å². The predicted octanol–water partition coefficient (Wildman–Crippen LogP) is 5.40. The minimum atomic E-state index is -1.46. The number of hydrogen-bond donors (Lipinski definition) is 1. The molecule has 2 atom stereocenters. The van der Waals surface area contributed by atoms with Crippen LogP contribution in [0.3, 0.4) is 0 Å². The Morgan fingerprint density at radius 2 is 2.07 bits per heavy atom. The normalized spacial score (nSPS) is 23.9. The molecule has 1 N–H and O–H groups in total. The van der Waals surface area contributed by atoms with Gasteiger partial charge in [0.25, 0.3) is 5.91 Å². The van der Waals surface area contributed by atoms with E-state index in [-0.39, 0.29) is 11.9 Å². The third-order valence-corrected chi connectivity index (χ3v) is 6.98. The summed E-state index contributed by atoms with van der Waals surface area (Å²) in [6, 6.07) is 15.0. The molecule has 29 heavy (non-hydrogen) atoms. The largest absolute Gasteiger partial charge is 0.453 e. The Hall–Kier alpha value is -2.54. The van der Waals surface area contributed by atoms with Crippen LogP contribution >= 0.6 is 34.5 Å². The number of para-hydroxylation sites is 1. The number of rotatable bonds is 1. The van der Waals surface area contributed by atoms with Gasteiger partial charge in [0.1, 0.15) is 5.75 Å². The van der Waals surface area contributed by atoms with Crippen molar-refractivity contribution in [2.45, 2.75) is 18.2 Å². The number of hydrazone groups is 1. The molecule has 1 spiro atoms. The average Bonchev–Trinajstić information content (AvgIpc) is 3.43. The van der Waals surface area contributed by atoms with Gasteiger partial charge in [0.2, 0.25) is 0 Å². The quantitative estimate of drug-likeness (QED) is 0.549. The molecule has 4 heterocycles. The highest BCUT2D eigenvalue weighted by atomic mass is 35.5. The first-order chi connectivity index (χ1) is 14.1. The highest BCUT2D eigenvalue weighted by Gasteiger charge is 2.61. The summed E-state index contributed by atoms with van der Waals surface area (Å²) in [6.07, 6.45) is 0.680. The van der Waals surface area contributed by atoms with Crippen LogP contribution in [0.2, 0.25) is 10.0 Å². The smallest absolute Gasteiger partial charge is 0.306 e. The van der Waals surface area contributed by atoms with Gasteiger partial charge in [-0.1, -0.05) is 47.5 Å². The molecule has 0 radical (unpaired) electrons. The summed E-state index contributed by atoms with van der Waals surface area (Å²) < 4.78 is 6.40. The van der Waals surface area contributed by atoms with E-state index in [1.165, 1.54) is 0 Å². The molecule has 0 bridgehead atoms. The van der Waals surface area contributed by atoms with Gasteiger partial charge in [0.05, 0.1) is 32.9 Å². The number of thiophene rings is 1. The van der Waals surface area contributed by atoms with Gasteiger partial charge in [-0.25, -0.2) is 5.01 Å². The van der Waals surface area contributed by atoms with E-state index in [2.05, 4.69) is 5.32 Å². The van der Waals surface area contributed by atoms with Crippen LogP contribution in [0.15, 0.2) is 59.0 Å². The summed E-state index contributed by atoms with van der Waals surface area (Å²) in [5, 5.41) is 12.4. The van der Waals surface area contributed by atoms with E-state index in [1.54, 1.807) is 28.5 Å². The van der Waals surface area contributed by atoms with Crippen molar-refractivity contribution in [1.82, 2.24) is 5.01 Å². The lowest BCUT2D eigenvalue weighted by molar-refractivity contribution is -0.161. The lowest BCUT2D eigenvalue weighted by atomic mass is 9.93. The van der Waals surface area contributed by atoms with Crippen LogP contribution in [-0.4, -0.2) is 16.6 Å². The first kappa shape index (κ1) is 17.3. The molecule has 6 rings (SSSR count). The third-order valence-electron chi connectivity index (χ3n) is 5.54. The molecule has 3 aromatic rings. The first-order valence-electron chi connectivity index (χ1n) is 9.07. The molecule has 0 saturated heterocycles. The zero-order valence-electron chi connectivity index (χ0n) is 14.9. The van der Waals surface area contributed by atoms with Crippen LogP contribution < -0.4 is 10.1 Å². The molecule has 2 aromatic carbocycles. The third kappa shape index (κ3) is 2.28. The minimum Gasteiger partial charge on any atom is -0.453 e. The SMILES string of the molecule is O=C1Nc2c(Cl)cc(Cl)cc2[C@]12Oc1ccccc1[C@@H]1CC(c3cccs3)=NN12. The fourth-order valence-corrected chi connectivity index (χ4v) is 5.57. The zero-order chi connectivity index (χ0) is 19.8. The van der Waals surface area contributed by atoms with E-state index in [0.717, 1.165) is 16.2 Å². The average molecular weight is 442 g/mol. The number of benzene rings is 2. The summed E-state index contributed by atoms with van der Waals surface area (Å²) >= 11 is 14.3. The molecule has 0 saturated carbocycles. The second-order valence-corrected chi connectivity index (χ2v) is 8.93. The number of ether oxygens (including phenoxy) is 1. The summed E-state index contributed by atoms with van der Waals surface area (Å²) in [5.41, 5.74) is 1.57. The van der Waals surface area contributed by atoms with E-state index in [1.807, 2.05) is 41.8 Å². The Balaban J connectivity index is 1.62. The lowest BCUT2D eigenvalue weighted by Gasteiger charge is -2.44. The van der Waals surface area contributed by atoms with E-state index in [4.69, 9.17) is 33.0 Å². The Morgan fingerprint density at radius 1 is 1.21 bits per heavy atom. The Labute approximate surface area is 180 Å². The Morgan fingerprint density at radius 3 is 2.90 bits per heavy atom. The molecular weight excluding hydrogens is 429 g/mol. The lowest BCUT2D eigenvalue weighted by Crippen LogP contribution is -2.55. The van der Waals surface area contributed by atoms with Crippen molar-refractivity contribution in [2.75, 3.05) is 5.32 Å². The Kier molecular flexibility index (Phi) is 3.57. The molecule has 5 nitrogen and oxygen atoms in total. The molecule has 3 aliphatic heterocycles. The van der Waals surface area contributed by atoms with Crippen molar-refractivity contribution >= 4 is 51.8 Å². The van der Waals surface area contributed by atoms with Gasteiger partial charge in [-0.05, 0) is 29.6 Å². The van der Waals surface area contributed by atoms with Gasteiger partial charge in [0.15, 0.2) is 0 Å². The van der Waals surface area contributed by atoms with Crippen LogP contribution in [0.25, 0.3) is 0 Å². The van der Waals surface area contributed by atoms with Crippen LogP contribution in [0.1, 0.15) is 28.5 Å². The maximum absolute atomic E-state index is 13.4. The predicted molar refractivity (Wildman–Crippen MR) is 114 cm³/mol. The van der Waals surface area contributed by atoms with Gasteiger partial charge < -0.3 is 10.1 Å². The van der Waals surface area contributed by atoms with Crippen molar-refractivity contribution in [3.8, 4) is 5.75 Å². The summed E-state index contributed by atoms with van der Waals surface area (Å²) in [4.78, 5) is 14.4. The van der Waals surface area contributed by atoms with Gasteiger partial charge in [-0.2, -0.15) is 5.10 Å². The number of anilines is 1. The van der Waals surface area contributed by atoms with E-state index in [9.17, 15) is 4.79 Å². The van der Waals surface area contributed by atoms with Gasteiger partial charge in [0, 0.05) is 17.0 Å². The highest BCUT2D eigenvalue weighted by molar-refractivity contribution is 7.12. The molecule has 3 aliphatic rings. The summed E-state index contributed by atoms with van der Waals surface area (Å²) in [6.45, 7) is 0. The molecule has 0 fully saturated rings. The molecule has 0 unspecified atom stereocenters. The van der Waals surface area contributed by atoms with E-state index >= 15 is 0 Å². The van der Waals surface area contributed by atoms with Crippen LogP contribution in [-0.2, 0) is 10.5 Å². The second kappa shape index (κ2) is 5.98. The second-order valence-electron chi connectivity index (χ2n) is 7.14. The van der Waals surface area contributed by atoms with Gasteiger partial charge in [-0.15, -0.1) is 11.3 Å². The van der Waals surface area contributed by atoms with Crippen molar-refractivity contribution in [3.05, 3.63) is 80.0 Å². The number of carbonyl (C=O) groups excluding carboxylic acids is 1. The van der Waals surface area contributed by atoms with Gasteiger partial charge >= 0.3 is 5.72 Å². The first-order valence-corrected chi connectivity index (χ1v) is 10.7. The fraction of sp³-hybridized carbons (Fsp3) is 0.143. The van der Waals surface area contributed by atoms with Gasteiger partial charge in [-0.3, -0.25) is 4.79 Å². The zero-order valence-corrected chi connectivity index (χ0v) is 17.2. The number of nitrogens with one attached hydrogen (secondary N) is 1. The monoisotopic (exact) mass is 441 g/mol. The highest BCUT2D eigenvalue weighted by Crippen LogP contribution is 2.55. The number of hydrogen-bond acceptors (Lipinski definition) is 5. The topological polar surface area (TPSA) is 53.9 Å². The summed E-state index contributed by atoms with van der Waals surface area (Å²) in [7, 11) is 0. The number of nitrogens with zero attached hydrogens (tertiary/aromatic N) is 2. The molecule has 8 heteroatoms. The molecule has 0 aliphatic carbocycles. The van der Waals surface area contributed by atoms with E-state index in [0.29, 0.717) is 33.5 Å². The standard InChI is InChI=1S/C21H13Cl2N3O2S/c22-11-8-13-19(14(23)9-11)24-20(27)21(13)26-16(12-4-1-2-5-17(12)28-21)10-15(25-26)18-6-3-7-29-18/h1-9,16H,10H2,(H,24,27)/t16-,21-/m0/s1. The van der Waals surface area contributed by atoms with Crippen molar-refractivity contribution in [3.63, 3.8) is 0 Å². The number of halogens is 2. The number of fused-ring (bicyclic) bond motifs is 6. The van der Waals surface area contributed by atoms with Crippen molar-refractivity contribution < 1.29 is 9.53 Å². The van der Waals surface area contributed by atoms with Crippen LogP contribution in [0, 0.1) is 0 Å². The maximum Gasteiger partial charge on any atom is 0.306 e. The molecule has 144 valence electrons. The number of carbonyl (C=O) groups is 1. The Bertz CT molecular complexity index is 1210. The fourth-order valence-electron chi connectivity index (χ4n) is 4.31. The molecule has 1 amide bonds. The van der Waals surface area contributed by atoms with Crippen molar-refractivity contribution in [2.24, 2.45) is 5.10 Å². The number of amides is 1. The van der Waals surface area contributed by atoms with Crippen molar-refractivity contribution in [1.29, 1.82) is 0 Å². The maximum atomic E-state index is 13.4. The van der Waals surface area contributed by atoms with E-state index < -0.39 is 5.72 Å². The molecule has 1 aromatic heterocycles.